The van der Waals surface area contributed by atoms with Gasteiger partial charge >= 0.3 is 0 Å². The van der Waals surface area contributed by atoms with E-state index in [1.165, 1.54) is 40.7 Å². The average Bonchev–Trinajstić information content (AvgIpc) is 3.23. The minimum absolute atomic E-state index is 0.0942. The zero-order valence-electron chi connectivity index (χ0n) is 16.5. The summed E-state index contributed by atoms with van der Waals surface area (Å²) in [7, 11) is 0. The second-order valence-electron chi connectivity index (χ2n) is 6.49. The molecule has 0 fully saturated rings. The van der Waals surface area contributed by atoms with E-state index in [1.54, 1.807) is 42.7 Å². The number of carbonyl (C=O) groups excluding carboxylic acids is 2. The molecule has 0 radical (unpaired) electrons. The van der Waals surface area contributed by atoms with Gasteiger partial charge in [-0.1, -0.05) is 17.0 Å². The molecule has 0 aliphatic rings. The lowest BCUT2D eigenvalue weighted by Gasteiger charge is -2.09. The summed E-state index contributed by atoms with van der Waals surface area (Å²) >= 11 is 1.30. The van der Waals surface area contributed by atoms with Gasteiger partial charge in [-0.3, -0.25) is 9.59 Å². The Bertz CT molecular complexity index is 1250. The molecule has 0 unspecified atom stereocenters. The van der Waals surface area contributed by atoms with Crippen LogP contribution in [0.1, 0.15) is 26.5 Å². The maximum Gasteiger partial charge on any atom is 0.278 e. The number of benzene rings is 2. The van der Waals surface area contributed by atoms with Gasteiger partial charge in [0.1, 0.15) is 5.82 Å². The first-order valence-electron chi connectivity index (χ1n) is 9.33. The van der Waals surface area contributed by atoms with E-state index in [1.807, 2.05) is 0 Å². The van der Waals surface area contributed by atoms with Gasteiger partial charge in [-0.15, -0.1) is 5.10 Å². The largest absolute Gasteiger partial charge is 0.366 e. The molecule has 0 spiro atoms. The Kier molecular flexibility index (Phi) is 6.17. The summed E-state index contributed by atoms with van der Waals surface area (Å²) in [5.74, 6) is -1.15. The highest BCUT2D eigenvalue weighted by atomic mass is 32.2. The number of nitrogens with one attached hydrogen (secondary N) is 1. The van der Waals surface area contributed by atoms with Crippen molar-refractivity contribution in [2.24, 2.45) is 5.73 Å². The Morgan fingerprint density at radius 1 is 1.03 bits per heavy atom. The van der Waals surface area contributed by atoms with E-state index < -0.39 is 11.8 Å². The van der Waals surface area contributed by atoms with Crippen LogP contribution < -0.4 is 11.1 Å². The predicted octanol–water partition coefficient (Wildman–Crippen LogP) is 2.84. The summed E-state index contributed by atoms with van der Waals surface area (Å²) in [5.41, 5.74) is 7.16. The van der Waals surface area contributed by atoms with E-state index in [-0.39, 0.29) is 17.3 Å². The van der Waals surface area contributed by atoms with E-state index in [4.69, 9.17) is 5.73 Å². The third kappa shape index (κ3) is 4.78. The van der Waals surface area contributed by atoms with Crippen LogP contribution in [0.15, 0.2) is 72.1 Å². The quantitative estimate of drug-likeness (QED) is 0.328. The van der Waals surface area contributed by atoms with Crippen LogP contribution in [0.3, 0.4) is 0 Å². The van der Waals surface area contributed by atoms with E-state index in [0.717, 1.165) is 0 Å². The first-order chi connectivity index (χ1) is 15.5. The highest BCUT2D eigenvalue weighted by Gasteiger charge is 2.21. The molecule has 0 aliphatic heterocycles. The summed E-state index contributed by atoms with van der Waals surface area (Å²) in [6.07, 6.45) is 3.24. The lowest BCUT2D eigenvalue weighted by atomic mass is 10.2. The van der Waals surface area contributed by atoms with E-state index >= 15 is 0 Å². The van der Waals surface area contributed by atoms with Crippen molar-refractivity contribution < 1.29 is 14.0 Å². The fourth-order valence-electron chi connectivity index (χ4n) is 2.80. The van der Waals surface area contributed by atoms with Crippen LogP contribution in [0, 0.1) is 5.82 Å². The number of aromatic nitrogens is 5. The van der Waals surface area contributed by atoms with E-state index in [0.29, 0.717) is 27.8 Å². The molecule has 0 bridgehead atoms. The van der Waals surface area contributed by atoms with Gasteiger partial charge in [0.25, 0.3) is 5.91 Å². The normalized spacial score (nSPS) is 10.7. The number of hydrogen-bond donors (Lipinski definition) is 2. The van der Waals surface area contributed by atoms with Crippen LogP contribution in [0.4, 0.5) is 10.1 Å². The third-order valence-corrected chi connectivity index (χ3v) is 5.24. The molecule has 0 saturated carbocycles. The molecule has 0 atom stereocenters. The molecular weight excluding hydrogens is 433 g/mol. The first kappa shape index (κ1) is 21.1. The Labute approximate surface area is 185 Å². The van der Waals surface area contributed by atoms with Crippen molar-refractivity contribution in [3.05, 3.63) is 89.8 Å². The highest BCUT2D eigenvalue weighted by molar-refractivity contribution is 7.98. The summed E-state index contributed by atoms with van der Waals surface area (Å²) < 4.78 is 14.8. The Morgan fingerprint density at radius 2 is 1.72 bits per heavy atom. The van der Waals surface area contributed by atoms with Gasteiger partial charge in [-0.25, -0.2) is 19.0 Å². The van der Waals surface area contributed by atoms with Crippen LogP contribution in [0.25, 0.3) is 5.69 Å². The molecule has 160 valence electrons. The number of primary amides is 1. The lowest BCUT2D eigenvalue weighted by Crippen LogP contribution is -2.16. The zero-order valence-corrected chi connectivity index (χ0v) is 17.3. The molecule has 2 aromatic carbocycles. The van der Waals surface area contributed by atoms with Gasteiger partial charge in [-0.05, 0) is 54.6 Å². The summed E-state index contributed by atoms with van der Waals surface area (Å²) in [4.78, 5) is 32.5. The van der Waals surface area contributed by atoms with Gasteiger partial charge in [-0.2, -0.15) is 0 Å². The van der Waals surface area contributed by atoms with E-state index in [2.05, 4.69) is 25.6 Å². The van der Waals surface area contributed by atoms with E-state index in [9.17, 15) is 14.0 Å². The fourth-order valence-corrected chi connectivity index (χ4v) is 3.59. The van der Waals surface area contributed by atoms with Crippen molar-refractivity contribution in [3.63, 3.8) is 0 Å². The van der Waals surface area contributed by atoms with Crippen LogP contribution in [-0.2, 0) is 5.75 Å². The fraction of sp³-hybridized carbons (Fsp3) is 0.0476. The van der Waals surface area contributed by atoms with Crippen molar-refractivity contribution >= 4 is 29.3 Å². The lowest BCUT2D eigenvalue weighted by molar-refractivity contribution is 0.0997. The van der Waals surface area contributed by atoms with Crippen molar-refractivity contribution in [1.82, 2.24) is 25.0 Å². The third-order valence-electron chi connectivity index (χ3n) is 4.36. The molecular formula is C21H16FN7O2S. The number of anilines is 1. The Balaban J connectivity index is 1.63. The number of nitrogens with zero attached hydrogens (tertiary/aromatic N) is 5. The zero-order chi connectivity index (χ0) is 22.5. The minimum Gasteiger partial charge on any atom is -0.366 e. The van der Waals surface area contributed by atoms with Crippen molar-refractivity contribution in [2.75, 3.05) is 5.32 Å². The summed E-state index contributed by atoms with van der Waals surface area (Å²) in [6.45, 7) is 0. The van der Waals surface area contributed by atoms with Gasteiger partial charge in [0, 0.05) is 29.4 Å². The molecule has 9 nitrogen and oxygen atoms in total. The minimum atomic E-state index is -0.562. The van der Waals surface area contributed by atoms with Crippen molar-refractivity contribution in [2.45, 2.75) is 10.9 Å². The number of thioether (sulfide) groups is 1. The SMILES string of the molecule is NC(=O)c1ccc(NC(=O)c2nnn(-c3ccc(F)cc3)c2CSc2ncccn2)cc1. The summed E-state index contributed by atoms with van der Waals surface area (Å²) in [6, 6.07) is 13.5. The Hall–Kier alpha value is -4.12. The molecule has 4 rings (SSSR count). The number of rotatable bonds is 7. The monoisotopic (exact) mass is 449 g/mol. The van der Waals surface area contributed by atoms with Gasteiger partial charge in [0.2, 0.25) is 5.91 Å². The average molecular weight is 449 g/mol. The first-order valence-corrected chi connectivity index (χ1v) is 10.3. The number of nitrogens with two attached hydrogens (primary N) is 1. The van der Waals surface area contributed by atoms with Gasteiger partial charge in [0.15, 0.2) is 10.9 Å². The molecule has 32 heavy (non-hydrogen) atoms. The molecule has 4 aromatic rings. The number of carbonyl (C=O) groups is 2. The van der Waals surface area contributed by atoms with Crippen molar-refractivity contribution in [1.29, 1.82) is 0 Å². The molecule has 2 amide bonds. The number of halogens is 1. The van der Waals surface area contributed by atoms with Crippen LogP contribution >= 0.6 is 11.8 Å². The number of hydrogen-bond acceptors (Lipinski definition) is 7. The molecule has 0 saturated heterocycles. The Morgan fingerprint density at radius 3 is 2.38 bits per heavy atom. The van der Waals surface area contributed by atoms with Crippen LogP contribution in [-0.4, -0.2) is 36.8 Å². The molecule has 11 heteroatoms. The molecule has 0 aliphatic carbocycles. The van der Waals surface area contributed by atoms with Gasteiger partial charge in [0.05, 0.1) is 11.4 Å². The number of amides is 2. The van der Waals surface area contributed by atoms with Gasteiger partial charge < -0.3 is 11.1 Å². The van der Waals surface area contributed by atoms with Crippen LogP contribution in [0.2, 0.25) is 0 Å². The van der Waals surface area contributed by atoms with Crippen LogP contribution in [0.5, 0.6) is 0 Å². The molecule has 2 heterocycles. The topological polar surface area (TPSA) is 129 Å². The highest BCUT2D eigenvalue weighted by Crippen LogP contribution is 2.23. The van der Waals surface area contributed by atoms with Crippen molar-refractivity contribution in [3.8, 4) is 5.69 Å². The maximum absolute atomic E-state index is 13.4. The standard InChI is InChI=1S/C21H16FN7O2S/c22-14-4-8-16(9-5-14)29-17(12-32-21-24-10-1-11-25-21)18(27-28-29)20(31)26-15-6-2-13(3-7-15)19(23)30/h1-11H,12H2,(H2,23,30)(H,26,31). The smallest absolute Gasteiger partial charge is 0.278 e. The second kappa shape index (κ2) is 9.35. The summed E-state index contributed by atoms with van der Waals surface area (Å²) in [5, 5.41) is 11.4. The maximum atomic E-state index is 13.4. The molecule has 2 aromatic heterocycles. The second-order valence-corrected chi connectivity index (χ2v) is 7.43. The predicted molar refractivity (Wildman–Crippen MR) is 116 cm³/mol. The molecule has 3 N–H and O–H groups in total.